The quantitative estimate of drug-likeness (QED) is 0.444. The Labute approximate surface area is 158 Å². The minimum absolute atomic E-state index is 0.0282. The molecule has 0 amide bonds. The number of hydrogen-bond acceptors (Lipinski definition) is 2. The molecule has 0 bridgehead atoms. The highest BCUT2D eigenvalue weighted by atomic mass is 28.4. The van der Waals surface area contributed by atoms with E-state index in [4.69, 9.17) is 8.84 Å². The molecule has 0 radical (unpaired) electrons. The van der Waals surface area contributed by atoms with Gasteiger partial charge in [-0.2, -0.15) is 0 Å². The molecule has 0 aliphatic carbocycles. The highest BCUT2D eigenvalue weighted by molar-refractivity contribution is 6.99. The third-order valence-corrected chi connectivity index (χ3v) is 9.93. The van der Waals surface area contributed by atoms with E-state index >= 15 is 0 Å². The number of furan rings is 1. The zero-order chi connectivity index (χ0) is 18.5. The molecule has 0 unspecified atom stereocenters. The first kappa shape index (κ1) is 18.7. The highest BCUT2D eigenvalue weighted by Gasteiger charge is 2.49. The van der Waals surface area contributed by atoms with Crippen molar-refractivity contribution < 1.29 is 8.84 Å². The zero-order valence-electron chi connectivity index (χ0n) is 15.9. The van der Waals surface area contributed by atoms with Crippen LogP contribution in [0.2, 0.25) is 5.04 Å². The Bertz CT molecular complexity index is 735. The van der Waals surface area contributed by atoms with Gasteiger partial charge in [0.15, 0.2) is 0 Å². The Morgan fingerprint density at radius 2 is 1.38 bits per heavy atom. The zero-order valence-corrected chi connectivity index (χ0v) is 16.9. The van der Waals surface area contributed by atoms with Crippen molar-refractivity contribution in [3.63, 3.8) is 0 Å². The van der Waals surface area contributed by atoms with Gasteiger partial charge in [0.2, 0.25) is 0 Å². The van der Waals surface area contributed by atoms with Gasteiger partial charge in [-0.05, 0) is 34.0 Å². The summed E-state index contributed by atoms with van der Waals surface area (Å²) in [7, 11) is -2.40. The molecular formula is C23H28O2Si. The molecule has 0 saturated carbocycles. The van der Waals surface area contributed by atoms with Crippen molar-refractivity contribution >= 4 is 18.7 Å². The van der Waals surface area contributed by atoms with E-state index in [1.807, 2.05) is 12.1 Å². The Balaban J connectivity index is 1.92. The van der Waals surface area contributed by atoms with Crippen molar-refractivity contribution in [3.05, 3.63) is 84.8 Å². The molecule has 3 heteroatoms. The summed E-state index contributed by atoms with van der Waals surface area (Å²) >= 11 is 0. The Kier molecular flexibility index (Phi) is 5.79. The summed E-state index contributed by atoms with van der Waals surface area (Å²) in [5.41, 5.74) is 0. The lowest BCUT2D eigenvalue weighted by Gasteiger charge is -2.43. The van der Waals surface area contributed by atoms with Crippen molar-refractivity contribution in [2.75, 3.05) is 6.61 Å². The van der Waals surface area contributed by atoms with Crippen LogP contribution in [-0.4, -0.2) is 14.9 Å². The van der Waals surface area contributed by atoms with E-state index in [2.05, 4.69) is 81.4 Å². The molecule has 0 atom stereocenters. The average Bonchev–Trinajstić information content (AvgIpc) is 3.16. The lowest BCUT2D eigenvalue weighted by Crippen LogP contribution is -2.66. The third kappa shape index (κ3) is 3.84. The first-order chi connectivity index (χ1) is 12.5. The summed E-state index contributed by atoms with van der Waals surface area (Å²) in [6, 6.07) is 25.6. The summed E-state index contributed by atoms with van der Waals surface area (Å²) in [6.07, 6.45) is 3.60. The molecular weight excluding hydrogens is 336 g/mol. The van der Waals surface area contributed by atoms with Crippen LogP contribution in [-0.2, 0) is 10.8 Å². The predicted octanol–water partition coefficient (Wildman–Crippen LogP) is 4.79. The van der Waals surface area contributed by atoms with Gasteiger partial charge in [-0.25, -0.2) is 0 Å². The van der Waals surface area contributed by atoms with Crippen molar-refractivity contribution in [3.8, 4) is 0 Å². The fourth-order valence-corrected chi connectivity index (χ4v) is 8.29. The van der Waals surface area contributed by atoms with Crippen molar-refractivity contribution in [2.24, 2.45) is 0 Å². The maximum absolute atomic E-state index is 6.86. The van der Waals surface area contributed by atoms with Gasteiger partial charge in [-0.15, -0.1) is 0 Å². The van der Waals surface area contributed by atoms with Gasteiger partial charge in [0, 0.05) is 13.0 Å². The van der Waals surface area contributed by atoms with Gasteiger partial charge in [-0.3, -0.25) is 0 Å². The molecule has 3 aromatic rings. The Morgan fingerprint density at radius 3 is 1.85 bits per heavy atom. The average molecular weight is 365 g/mol. The van der Waals surface area contributed by atoms with Crippen LogP contribution in [0.5, 0.6) is 0 Å². The van der Waals surface area contributed by atoms with Gasteiger partial charge >= 0.3 is 0 Å². The van der Waals surface area contributed by atoms with Crippen LogP contribution < -0.4 is 10.4 Å². The molecule has 0 aliphatic heterocycles. The fraction of sp³-hybridized carbons (Fsp3) is 0.304. The summed E-state index contributed by atoms with van der Waals surface area (Å²) < 4.78 is 12.3. The highest BCUT2D eigenvalue weighted by Crippen LogP contribution is 2.36. The van der Waals surface area contributed by atoms with Gasteiger partial charge in [0.05, 0.1) is 6.26 Å². The number of aryl methyl sites for hydroxylation is 1. The molecule has 0 spiro atoms. The van der Waals surface area contributed by atoms with Gasteiger partial charge in [0.25, 0.3) is 8.32 Å². The van der Waals surface area contributed by atoms with E-state index in [9.17, 15) is 0 Å². The number of hydrogen-bond donors (Lipinski definition) is 0. The Hall–Kier alpha value is -2.10. The molecule has 2 aromatic carbocycles. The van der Waals surface area contributed by atoms with E-state index in [1.54, 1.807) is 6.26 Å². The molecule has 0 aliphatic rings. The first-order valence-corrected chi connectivity index (χ1v) is 11.2. The standard InChI is InChI=1S/C23H28O2Si/c1-23(2,3)26(21-14-6-4-7-15-21,22-16-8-5-9-17-22)25-19-11-13-20-12-10-18-24-20/h4-10,12,14-18H,11,13,19H2,1-3H3. The molecule has 26 heavy (non-hydrogen) atoms. The van der Waals surface area contributed by atoms with E-state index in [0.717, 1.165) is 25.2 Å². The SMILES string of the molecule is CC(C)(C)[Si](OCCCc1ccco1)(c1ccccc1)c1ccccc1. The summed E-state index contributed by atoms with van der Waals surface area (Å²) in [6.45, 7) is 7.66. The molecule has 136 valence electrons. The van der Waals surface area contributed by atoms with Crippen LogP contribution in [0.4, 0.5) is 0 Å². The second kappa shape index (κ2) is 8.06. The van der Waals surface area contributed by atoms with Crippen molar-refractivity contribution in [1.82, 2.24) is 0 Å². The molecule has 0 N–H and O–H groups in total. The Morgan fingerprint density at radius 1 is 0.808 bits per heavy atom. The normalized spacial score (nSPS) is 12.3. The topological polar surface area (TPSA) is 22.4 Å². The second-order valence-corrected chi connectivity index (χ2v) is 12.0. The van der Waals surface area contributed by atoms with Crippen molar-refractivity contribution in [1.29, 1.82) is 0 Å². The fourth-order valence-electron chi connectivity index (χ4n) is 3.69. The van der Waals surface area contributed by atoms with E-state index in [-0.39, 0.29) is 5.04 Å². The summed E-state index contributed by atoms with van der Waals surface area (Å²) in [5.74, 6) is 1.02. The lowest BCUT2D eigenvalue weighted by atomic mass is 10.2. The molecule has 0 saturated heterocycles. The van der Waals surface area contributed by atoms with Gasteiger partial charge < -0.3 is 8.84 Å². The van der Waals surface area contributed by atoms with Crippen LogP contribution in [0, 0.1) is 0 Å². The minimum Gasteiger partial charge on any atom is -0.469 e. The van der Waals surface area contributed by atoms with E-state index in [0.29, 0.717) is 0 Å². The lowest BCUT2D eigenvalue weighted by molar-refractivity contribution is 0.288. The summed E-state index contributed by atoms with van der Waals surface area (Å²) in [5, 5.41) is 2.69. The maximum atomic E-state index is 6.86. The monoisotopic (exact) mass is 364 g/mol. The second-order valence-electron chi connectivity index (χ2n) is 7.69. The number of rotatable bonds is 7. The first-order valence-electron chi connectivity index (χ1n) is 9.31. The molecule has 2 nitrogen and oxygen atoms in total. The predicted molar refractivity (Wildman–Crippen MR) is 111 cm³/mol. The van der Waals surface area contributed by atoms with E-state index in [1.165, 1.54) is 10.4 Å². The smallest absolute Gasteiger partial charge is 0.261 e. The van der Waals surface area contributed by atoms with Gasteiger partial charge in [0.1, 0.15) is 5.76 Å². The van der Waals surface area contributed by atoms with Crippen LogP contribution >= 0.6 is 0 Å². The minimum atomic E-state index is -2.40. The maximum Gasteiger partial charge on any atom is 0.261 e. The summed E-state index contributed by atoms with van der Waals surface area (Å²) in [4.78, 5) is 0. The number of benzene rings is 2. The largest absolute Gasteiger partial charge is 0.469 e. The van der Waals surface area contributed by atoms with Crippen LogP contribution in [0.1, 0.15) is 33.0 Å². The van der Waals surface area contributed by atoms with Crippen LogP contribution in [0.15, 0.2) is 83.5 Å². The van der Waals surface area contributed by atoms with Crippen LogP contribution in [0.25, 0.3) is 0 Å². The molecule has 1 heterocycles. The van der Waals surface area contributed by atoms with Crippen LogP contribution in [0.3, 0.4) is 0 Å². The molecule has 1 aromatic heterocycles. The third-order valence-electron chi connectivity index (χ3n) is 4.88. The van der Waals surface area contributed by atoms with Crippen molar-refractivity contribution in [2.45, 2.75) is 38.7 Å². The van der Waals surface area contributed by atoms with Gasteiger partial charge in [-0.1, -0.05) is 81.4 Å². The van der Waals surface area contributed by atoms with E-state index < -0.39 is 8.32 Å². The molecule has 0 fully saturated rings. The molecule has 3 rings (SSSR count).